The number of benzene rings is 3. The zero-order chi connectivity index (χ0) is 21.2. The van der Waals surface area contributed by atoms with Crippen molar-refractivity contribution in [1.29, 1.82) is 0 Å². The number of carbonyl (C=O) groups excluding carboxylic acids is 1. The standard InChI is InChI=1S/C25H25NO4/c1-19(2)18-30-22-14-12-20(13-15-22)26-25(27)23-10-6-7-11-24(23)29-17-16-28-21-8-4-3-5-9-21/h3-15H,1,16-18H2,2H3,(H,26,27). The van der Waals surface area contributed by atoms with Crippen molar-refractivity contribution in [3.63, 3.8) is 0 Å². The molecule has 0 spiro atoms. The highest BCUT2D eigenvalue weighted by molar-refractivity contribution is 6.06. The molecule has 1 N–H and O–H groups in total. The predicted molar refractivity (Wildman–Crippen MR) is 119 cm³/mol. The van der Waals surface area contributed by atoms with Gasteiger partial charge in [-0.2, -0.15) is 0 Å². The summed E-state index contributed by atoms with van der Waals surface area (Å²) >= 11 is 0. The lowest BCUT2D eigenvalue weighted by Crippen LogP contribution is -2.15. The fraction of sp³-hybridized carbons (Fsp3) is 0.160. The molecule has 0 fully saturated rings. The number of ether oxygens (including phenoxy) is 3. The molecule has 0 aliphatic rings. The molecule has 0 unspecified atom stereocenters. The minimum Gasteiger partial charge on any atom is -0.490 e. The van der Waals surface area contributed by atoms with Crippen molar-refractivity contribution in [1.82, 2.24) is 0 Å². The maximum Gasteiger partial charge on any atom is 0.259 e. The van der Waals surface area contributed by atoms with Crippen LogP contribution in [0.3, 0.4) is 0 Å². The summed E-state index contributed by atoms with van der Waals surface area (Å²) in [4.78, 5) is 12.7. The van der Waals surface area contributed by atoms with Crippen molar-refractivity contribution >= 4 is 11.6 Å². The Balaban J connectivity index is 1.55. The van der Waals surface area contributed by atoms with Crippen LogP contribution in [0, 0.1) is 0 Å². The first-order chi connectivity index (χ1) is 14.6. The monoisotopic (exact) mass is 403 g/mol. The lowest BCUT2D eigenvalue weighted by Gasteiger charge is -2.13. The molecule has 1 amide bonds. The van der Waals surface area contributed by atoms with Gasteiger partial charge < -0.3 is 19.5 Å². The lowest BCUT2D eigenvalue weighted by molar-refractivity contribution is 0.102. The summed E-state index contributed by atoms with van der Waals surface area (Å²) in [7, 11) is 0. The van der Waals surface area contributed by atoms with Crippen molar-refractivity contribution < 1.29 is 19.0 Å². The van der Waals surface area contributed by atoms with Gasteiger partial charge in [0.2, 0.25) is 0 Å². The Hall–Kier alpha value is -3.73. The van der Waals surface area contributed by atoms with E-state index in [9.17, 15) is 4.79 Å². The summed E-state index contributed by atoms with van der Waals surface area (Å²) in [5.74, 6) is 1.76. The molecule has 0 heterocycles. The Morgan fingerprint density at radius 1 is 0.800 bits per heavy atom. The smallest absolute Gasteiger partial charge is 0.259 e. The van der Waals surface area contributed by atoms with E-state index < -0.39 is 0 Å². The average Bonchev–Trinajstić information content (AvgIpc) is 2.77. The van der Waals surface area contributed by atoms with Crippen LogP contribution in [0.2, 0.25) is 0 Å². The molecule has 3 rings (SSSR count). The average molecular weight is 403 g/mol. The van der Waals surface area contributed by atoms with E-state index in [2.05, 4.69) is 11.9 Å². The van der Waals surface area contributed by atoms with Gasteiger partial charge in [-0.1, -0.05) is 36.9 Å². The molecule has 0 radical (unpaired) electrons. The van der Waals surface area contributed by atoms with Crippen molar-refractivity contribution in [2.75, 3.05) is 25.1 Å². The molecule has 30 heavy (non-hydrogen) atoms. The summed E-state index contributed by atoms with van der Waals surface area (Å²) in [5, 5.41) is 2.88. The maximum absolute atomic E-state index is 12.7. The van der Waals surface area contributed by atoms with E-state index in [0.717, 1.165) is 17.1 Å². The SMILES string of the molecule is C=C(C)COc1ccc(NC(=O)c2ccccc2OCCOc2ccccc2)cc1. The Labute approximate surface area is 176 Å². The van der Waals surface area contributed by atoms with E-state index in [-0.39, 0.29) is 5.91 Å². The third kappa shape index (κ3) is 6.41. The zero-order valence-corrected chi connectivity index (χ0v) is 17.0. The van der Waals surface area contributed by atoms with Crippen LogP contribution >= 0.6 is 0 Å². The van der Waals surface area contributed by atoms with Crippen LogP contribution in [0.5, 0.6) is 17.2 Å². The molecular weight excluding hydrogens is 378 g/mol. The van der Waals surface area contributed by atoms with E-state index in [1.54, 1.807) is 30.3 Å². The molecule has 154 valence electrons. The maximum atomic E-state index is 12.7. The van der Waals surface area contributed by atoms with Crippen molar-refractivity contribution in [2.24, 2.45) is 0 Å². The number of anilines is 1. The third-order valence-corrected chi connectivity index (χ3v) is 4.08. The summed E-state index contributed by atoms with van der Waals surface area (Å²) in [5.41, 5.74) is 2.07. The molecular formula is C25H25NO4. The Bertz CT molecular complexity index is 968. The quantitative estimate of drug-likeness (QED) is 0.366. The van der Waals surface area contributed by atoms with Gasteiger partial charge >= 0.3 is 0 Å². The molecule has 0 bridgehead atoms. The number of rotatable bonds is 10. The summed E-state index contributed by atoms with van der Waals surface area (Å²) < 4.78 is 17.0. The minimum atomic E-state index is -0.245. The molecule has 5 heteroatoms. The van der Waals surface area contributed by atoms with Crippen molar-refractivity contribution in [3.8, 4) is 17.2 Å². The fourth-order valence-corrected chi connectivity index (χ4v) is 2.65. The van der Waals surface area contributed by atoms with Crippen LogP contribution in [0.15, 0.2) is 91.0 Å². The molecule has 0 saturated heterocycles. The van der Waals surface area contributed by atoms with Crippen molar-refractivity contribution in [2.45, 2.75) is 6.92 Å². The molecule has 3 aromatic carbocycles. The first-order valence-electron chi connectivity index (χ1n) is 9.70. The second-order valence-electron chi connectivity index (χ2n) is 6.73. The number of carbonyl (C=O) groups is 1. The number of hydrogen-bond donors (Lipinski definition) is 1. The van der Waals surface area contributed by atoms with Crippen LogP contribution in [-0.2, 0) is 0 Å². The third-order valence-electron chi connectivity index (χ3n) is 4.08. The zero-order valence-electron chi connectivity index (χ0n) is 17.0. The normalized spacial score (nSPS) is 10.2. The van der Waals surface area contributed by atoms with Gasteiger partial charge in [0.15, 0.2) is 0 Å². The molecule has 0 aromatic heterocycles. The van der Waals surface area contributed by atoms with Gasteiger partial charge in [-0.15, -0.1) is 0 Å². The topological polar surface area (TPSA) is 56.8 Å². The van der Waals surface area contributed by atoms with Crippen LogP contribution in [-0.4, -0.2) is 25.7 Å². The van der Waals surface area contributed by atoms with Gasteiger partial charge in [0, 0.05) is 5.69 Å². The van der Waals surface area contributed by atoms with Gasteiger partial charge in [0.1, 0.15) is 37.1 Å². The minimum absolute atomic E-state index is 0.245. The number of nitrogens with one attached hydrogen (secondary N) is 1. The Morgan fingerprint density at radius 2 is 1.43 bits per heavy atom. The Kier molecular flexibility index (Phi) is 7.50. The van der Waals surface area contributed by atoms with Gasteiger partial charge in [-0.05, 0) is 61.0 Å². The number of hydrogen-bond acceptors (Lipinski definition) is 4. The Morgan fingerprint density at radius 3 is 2.17 bits per heavy atom. The van der Waals surface area contributed by atoms with Crippen LogP contribution in [0.1, 0.15) is 17.3 Å². The van der Waals surface area contributed by atoms with Crippen LogP contribution in [0.25, 0.3) is 0 Å². The van der Waals surface area contributed by atoms with E-state index in [0.29, 0.717) is 36.8 Å². The van der Waals surface area contributed by atoms with Gasteiger partial charge in [-0.3, -0.25) is 4.79 Å². The van der Waals surface area contributed by atoms with Crippen LogP contribution < -0.4 is 19.5 Å². The van der Waals surface area contributed by atoms with Gasteiger partial charge in [0.25, 0.3) is 5.91 Å². The van der Waals surface area contributed by atoms with Gasteiger partial charge in [-0.25, -0.2) is 0 Å². The molecule has 0 atom stereocenters. The van der Waals surface area contributed by atoms with E-state index in [1.807, 2.05) is 55.5 Å². The van der Waals surface area contributed by atoms with E-state index >= 15 is 0 Å². The first-order valence-corrected chi connectivity index (χ1v) is 9.70. The van der Waals surface area contributed by atoms with Crippen molar-refractivity contribution in [3.05, 3.63) is 96.6 Å². The summed E-state index contributed by atoms with van der Waals surface area (Å²) in [6, 6.07) is 23.9. The second kappa shape index (κ2) is 10.7. The highest BCUT2D eigenvalue weighted by atomic mass is 16.5. The highest BCUT2D eigenvalue weighted by Gasteiger charge is 2.12. The first kappa shape index (κ1) is 21.0. The molecule has 0 saturated carbocycles. The van der Waals surface area contributed by atoms with E-state index in [1.165, 1.54) is 0 Å². The summed E-state index contributed by atoms with van der Waals surface area (Å²) in [6.45, 7) is 6.88. The molecule has 0 aliphatic heterocycles. The summed E-state index contributed by atoms with van der Waals surface area (Å²) in [6.07, 6.45) is 0. The molecule has 0 aliphatic carbocycles. The van der Waals surface area contributed by atoms with E-state index in [4.69, 9.17) is 14.2 Å². The van der Waals surface area contributed by atoms with Crippen LogP contribution in [0.4, 0.5) is 5.69 Å². The lowest BCUT2D eigenvalue weighted by atomic mass is 10.2. The fourth-order valence-electron chi connectivity index (χ4n) is 2.65. The van der Waals surface area contributed by atoms with Gasteiger partial charge in [0.05, 0.1) is 5.56 Å². The largest absolute Gasteiger partial charge is 0.490 e. The molecule has 3 aromatic rings. The second-order valence-corrected chi connectivity index (χ2v) is 6.73. The predicted octanol–water partition coefficient (Wildman–Crippen LogP) is 5.35. The highest BCUT2D eigenvalue weighted by Crippen LogP contribution is 2.21. The number of para-hydroxylation sites is 2. The molecule has 5 nitrogen and oxygen atoms in total. The number of amides is 1.